The molecule has 0 aliphatic rings. The van der Waals surface area contributed by atoms with Crippen LogP contribution in [0.15, 0.2) is 17.5 Å². The second-order valence-electron chi connectivity index (χ2n) is 3.09. The Morgan fingerprint density at radius 1 is 1.67 bits per heavy atom. The van der Waals surface area contributed by atoms with Gasteiger partial charge in [-0.2, -0.15) is 5.26 Å². The van der Waals surface area contributed by atoms with Gasteiger partial charge in [0, 0.05) is 11.3 Å². The van der Waals surface area contributed by atoms with E-state index in [0.717, 1.165) is 12.8 Å². The van der Waals surface area contributed by atoms with E-state index >= 15 is 0 Å². The van der Waals surface area contributed by atoms with E-state index in [0.29, 0.717) is 12.3 Å². The van der Waals surface area contributed by atoms with Crippen LogP contribution in [0.3, 0.4) is 0 Å². The number of rotatable bonds is 4. The summed E-state index contributed by atoms with van der Waals surface area (Å²) in [7, 11) is 0. The lowest BCUT2D eigenvalue weighted by molar-refractivity contribution is 0.548. The highest BCUT2D eigenvalue weighted by Gasteiger charge is 2.01. The molecule has 12 heavy (non-hydrogen) atoms. The van der Waals surface area contributed by atoms with Crippen LogP contribution in [0.25, 0.3) is 0 Å². The largest absolute Gasteiger partial charge is 0.198 e. The molecule has 0 amide bonds. The van der Waals surface area contributed by atoms with Crippen LogP contribution in [0, 0.1) is 17.2 Å². The zero-order chi connectivity index (χ0) is 8.81. The average molecular weight is 179 g/mol. The summed E-state index contributed by atoms with van der Waals surface area (Å²) in [5, 5.41) is 10.5. The zero-order valence-corrected chi connectivity index (χ0v) is 8.10. The van der Waals surface area contributed by atoms with E-state index in [1.54, 1.807) is 11.3 Å². The molecule has 0 N–H and O–H groups in total. The van der Waals surface area contributed by atoms with Crippen molar-refractivity contribution in [2.24, 2.45) is 5.92 Å². The van der Waals surface area contributed by atoms with Crippen LogP contribution < -0.4 is 0 Å². The third-order valence-electron chi connectivity index (χ3n) is 1.90. The van der Waals surface area contributed by atoms with E-state index in [9.17, 15) is 0 Å². The van der Waals surface area contributed by atoms with Gasteiger partial charge in [-0.15, -0.1) is 11.3 Å². The Kier molecular flexibility index (Phi) is 3.83. The quantitative estimate of drug-likeness (QED) is 0.696. The fourth-order valence-corrected chi connectivity index (χ4v) is 1.83. The number of hydrogen-bond acceptors (Lipinski definition) is 2. The van der Waals surface area contributed by atoms with Crippen LogP contribution in [0.5, 0.6) is 0 Å². The first kappa shape index (κ1) is 9.28. The van der Waals surface area contributed by atoms with E-state index in [4.69, 9.17) is 5.26 Å². The van der Waals surface area contributed by atoms with E-state index in [-0.39, 0.29) is 0 Å². The lowest BCUT2D eigenvalue weighted by Crippen LogP contribution is -1.94. The standard InChI is InChI=1S/C10H13NS/c1-9(6-7-11)4-5-10-3-2-8-12-10/h2-3,8-9H,4-6H2,1H3. The Balaban J connectivity index is 2.23. The van der Waals surface area contributed by atoms with Gasteiger partial charge >= 0.3 is 0 Å². The molecular formula is C10H13NS. The number of nitriles is 1. The predicted molar refractivity (Wildman–Crippen MR) is 52.0 cm³/mol. The number of nitrogens with zero attached hydrogens (tertiary/aromatic N) is 1. The molecule has 0 bridgehead atoms. The minimum absolute atomic E-state index is 0.539. The van der Waals surface area contributed by atoms with Gasteiger partial charge in [0.15, 0.2) is 0 Å². The number of hydrogen-bond donors (Lipinski definition) is 0. The summed E-state index contributed by atoms with van der Waals surface area (Å²) < 4.78 is 0. The molecule has 1 unspecified atom stereocenters. The molecule has 1 aromatic heterocycles. The molecule has 1 heterocycles. The summed E-state index contributed by atoms with van der Waals surface area (Å²) in [6.07, 6.45) is 2.94. The first-order valence-electron chi connectivity index (χ1n) is 4.22. The van der Waals surface area contributed by atoms with Crippen LogP contribution in [-0.2, 0) is 6.42 Å². The molecule has 1 nitrogen and oxygen atoms in total. The SMILES string of the molecule is CC(CC#N)CCc1cccs1. The van der Waals surface area contributed by atoms with Crippen molar-refractivity contribution in [3.8, 4) is 6.07 Å². The zero-order valence-electron chi connectivity index (χ0n) is 7.29. The van der Waals surface area contributed by atoms with Crippen LogP contribution in [0.1, 0.15) is 24.6 Å². The topological polar surface area (TPSA) is 23.8 Å². The summed E-state index contributed by atoms with van der Waals surface area (Å²) in [4.78, 5) is 1.43. The molecule has 1 rings (SSSR count). The predicted octanol–water partition coefficient (Wildman–Crippen LogP) is 3.23. The maximum Gasteiger partial charge on any atom is 0.0624 e. The molecule has 0 fully saturated rings. The fraction of sp³-hybridized carbons (Fsp3) is 0.500. The molecule has 2 heteroatoms. The molecule has 0 radical (unpaired) electrons. The van der Waals surface area contributed by atoms with Crippen LogP contribution >= 0.6 is 11.3 Å². The van der Waals surface area contributed by atoms with Crippen molar-refractivity contribution in [3.05, 3.63) is 22.4 Å². The van der Waals surface area contributed by atoms with Gasteiger partial charge in [0.05, 0.1) is 6.07 Å². The Morgan fingerprint density at radius 2 is 2.50 bits per heavy atom. The molecule has 1 atom stereocenters. The normalized spacial score (nSPS) is 12.3. The number of aryl methyl sites for hydroxylation is 1. The summed E-state index contributed by atoms with van der Waals surface area (Å²) in [6, 6.07) is 6.44. The summed E-state index contributed by atoms with van der Waals surface area (Å²) in [5.74, 6) is 0.539. The van der Waals surface area contributed by atoms with Gasteiger partial charge < -0.3 is 0 Å². The average Bonchev–Trinajstić information content (AvgIpc) is 2.53. The van der Waals surface area contributed by atoms with E-state index < -0.39 is 0 Å². The third-order valence-corrected chi connectivity index (χ3v) is 2.84. The molecule has 0 aliphatic heterocycles. The summed E-state index contributed by atoms with van der Waals surface area (Å²) in [5.41, 5.74) is 0. The molecule has 0 aromatic carbocycles. The van der Waals surface area contributed by atoms with E-state index in [1.807, 2.05) is 0 Å². The first-order valence-corrected chi connectivity index (χ1v) is 5.10. The Bertz CT molecular complexity index is 245. The molecule has 0 saturated carbocycles. The van der Waals surface area contributed by atoms with Crippen LogP contribution in [0.4, 0.5) is 0 Å². The van der Waals surface area contributed by atoms with Crippen LogP contribution in [0.2, 0.25) is 0 Å². The molecule has 1 aromatic rings. The summed E-state index contributed by atoms with van der Waals surface area (Å²) >= 11 is 1.80. The lowest BCUT2D eigenvalue weighted by atomic mass is 10.0. The van der Waals surface area contributed by atoms with Gasteiger partial charge in [-0.25, -0.2) is 0 Å². The Morgan fingerprint density at radius 3 is 3.08 bits per heavy atom. The van der Waals surface area contributed by atoms with Crippen molar-refractivity contribution in [2.45, 2.75) is 26.2 Å². The van der Waals surface area contributed by atoms with Crippen molar-refractivity contribution in [1.29, 1.82) is 5.26 Å². The second-order valence-corrected chi connectivity index (χ2v) is 4.12. The molecular weight excluding hydrogens is 166 g/mol. The number of thiophene rings is 1. The minimum atomic E-state index is 0.539. The van der Waals surface area contributed by atoms with Crippen molar-refractivity contribution in [2.75, 3.05) is 0 Å². The van der Waals surface area contributed by atoms with Gasteiger partial charge in [-0.1, -0.05) is 13.0 Å². The maximum atomic E-state index is 8.45. The van der Waals surface area contributed by atoms with Gasteiger partial charge in [0.2, 0.25) is 0 Å². The van der Waals surface area contributed by atoms with E-state index in [2.05, 4.69) is 30.5 Å². The third kappa shape index (κ3) is 3.06. The van der Waals surface area contributed by atoms with Crippen molar-refractivity contribution in [1.82, 2.24) is 0 Å². The van der Waals surface area contributed by atoms with Crippen LogP contribution in [-0.4, -0.2) is 0 Å². The van der Waals surface area contributed by atoms with Gasteiger partial charge in [0.25, 0.3) is 0 Å². The molecule has 0 aliphatic carbocycles. The van der Waals surface area contributed by atoms with Gasteiger partial charge in [-0.3, -0.25) is 0 Å². The highest BCUT2D eigenvalue weighted by Crippen LogP contribution is 2.15. The summed E-state index contributed by atoms with van der Waals surface area (Å²) in [6.45, 7) is 2.14. The lowest BCUT2D eigenvalue weighted by Gasteiger charge is -2.03. The molecule has 0 saturated heterocycles. The van der Waals surface area contributed by atoms with Gasteiger partial charge in [-0.05, 0) is 30.2 Å². The van der Waals surface area contributed by atoms with Crippen molar-refractivity contribution in [3.63, 3.8) is 0 Å². The van der Waals surface area contributed by atoms with Gasteiger partial charge in [0.1, 0.15) is 0 Å². The Labute approximate surface area is 77.7 Å². The monoisotopic (exact) mass is 179 g/mol. The second kappa shape index (κ2) is 4.95. The highest BCUT2D eigenvalue weighted by atomic mass is 32.1. The highest BCUT2D eigenvalue weighted by molar-refractivity contribution is 7.09. The molecule has 64 valence electrons. The first-order chi connectivity index (χ1) is 5.83. The Hall–Kier alpha value is -0.810. The van der Waals surface area contributed by atoms with E-state index in [1.165, 1.54) is 4.88 Å². The molecule has 0 spiro atoms. The maximum absolute atomic E-state index is 8.45. The van der Waals surface area contributed by atoms with Crippen molar-refractivity contribution < 1.29 is 0 Å². The fourth-order valence-electron chi connectivity index (χ4n) is 1.10. The van der Waals surface area contributed by atoms with Crippen molar-refractivity contribution >= 4 is 11.3 Å². The minimum Gasteiger partial charge on any atom is -0.198 e. The smallest absolute Gasteiger partial charge is 0.0624 e.